The van der Waals surface area contributed by atoms with Crippen molar-refractivity contribution in [3.63, 3.8) is 0 Å². The standard InChI is InChI=1S/C19H21Cl2N3OS/c1-23-8-10-24(11-9-23)17-5-3-2-4-16(17)22-19(25)13-26-18-12-14(20)6-7-15(18)21/h2-7,12H,8-11,13H2,1H3,(H,22,25). The molecule has 4 nitrogen and oxygen atoms in total. The number of nitrogens with zero attached hydrogens (tertiary/aromatic N) is 2. The first-order chi connectivity index (χ1) is 12.5. The van der Waals surface area contributed by atoms with Gasteiger partial charge in [0.25, 0.3) is 0 Å². The van der Waals surface area contributed by atoms with Gasteiger partial charge in [-0.3, -0.25) is 4.79 Å². The fourth-order valence-electron chi connectivity index (χ4n) is 2.82. The van der Waals surface area contributed by atoms with E-state index in [1.165, 1.54) is 11.8 Å². The zero-order chi connectivity index (χ0) is 18.5. The van der Waals surface area contributed by atoms with Crippen LogP contribution in [0.1, 0.15) is 0 Å². The van der Waals surface area contributed by atoms with Gasteiger partial charge in [-0.1, -0.05) is 35.3 Å². The van der Waals surface area contributed by atoms with E-state index in [0.717, 1.165) is 42.4 Å². The van der Waals surface area contributed by atoms with Crippen LogP contribution in [0.15, 0.2) is 47.4 Å². The minimum Gasteiger partial charge on any atom is -0.367 e. The molecule has 1 saturated heterocycles. The van der Waals surface area contributed by atoms with Gasteiger partial charge >= 0.3 is 0 Å². The van der Waals surface area contributed by atoms with Gasteiger partial charge in [0.1, 0.15) is 0 Å². The second-order valence-corrected chi connectivity index (χ2v) is 8.08. The molecular formula is C19H21Cl2N3OS. The van der Waals surface area contributed by atoms with Crippen LogP contribution in [0.25, 0.3) is 0 Å². The lowest BCUT2D eigenvalue weighted by atomic mass is 10.2. The predicted octanol–water partition coefficient (Wildman–Crippen LogP) is 4.48. The molecule has 0 bridgehead atoms. The molecule has 7 heteroatoms. The number of likely N-dealkylation sites (N-methyl/N-ethyl adjacent to an activating group) is 1. The average Bonchev–Trinajstić information content (AvgIpc) is 2.64. The van der Waals surface area contributed by atoms with E-state index < -0.39 is 0 Å². The summed E-state index contributed by atoms with van der Waals surface area (Å²) in [7, 11) is 2.13. The number of anilines is 2. The third-order valence-corrected chi connectivity index (χ3v) is 6.01. The van der Waals surface area contributed by atoms with Crippen molar-refractivity contribution in [2.45, 2.75) is 4.90 Å². The highest BCUT2D eigenvalue weighted by atomic mass is 35.5. The summed E-state index contributed by atoms with van der Waals surface area (Å²) < 4.78 is 0. The molecule has 0 radical (unpaired) electrons. The van der Waals surface area contributed by atoms with Gasteiger partial charge in [-0.25, -0.2) is 0 Å². The Bertz CT molecular complexity index is 779. The molecule has 138 valence electrons. The number of hydrogen-bond donors (Lipinski definition) is 1. The zero-order valence-corrected chi connectivity index (χ0v) is 16.9. The topological polar surface area (TPSA) is 35.6 Å². The van der Waals surface area contributed by atoms with Crippen molar-refractivity contribution < 1.29 is 4.79 Å². The molecule has 1 aliphatic heterocycles. The third kappa shape index (κ3) is 5.07. The molecule has 26 heavy (non-hydrogen) atoms. The van der Waals surface area contributed by atoms with Crippen molar-refractivity contribution in [3.8, 4) is 0 Å². The summed E-state index contributed by atoms with van der Waals surface area (Å²) in [5.41, 5.74) is 1.92. The third-order valence-electron chi connectivity index (χ3n) is 4.27. The van der Waals surface area contributed by atoms with Crippen LogP contribution in [0.2, 0.25) is 10.0 Å². The quantitative estimate of drug-likeness (QED) is 0.738. The Hall–Kier alpha value is -1.40. The molecule has 0 saturated carbocycles. The molecular weight excluding hydrogens is 389 g/mol. The van der Waals surface area contributed by atoms with Crippen molar-refractivity contribution in [1.82, 2.24) is 4.90 Å². The number of para-hydroxylation sites is 2. The fourth-order valence-corrected chi connectivity index (χ4v) is 4.11. The van der Waals surface area contributed by atoms with Crippen molar-refractivity contribution in [1.29, 1.82) is 0 Å². The minimum absolute atomic E-state index is 0.0624. The predicted molar refractivity (Wildman–Crippen MR) is 112 cm³/mol. The molecule has 3 rings (SSSR count). The summed E-state index contributed by atoms with van der Waals surface area (Å²) >= 11 is 13.5. The Labute approximate surface area is 168 Å². The smallest absolute Gasteiger partial charge is 0.234 e. The Morgan fingerprint density at radius 3 is 2.62 bits per heavy atom. The van der Waals surface area contributed by atoms with E-state index in [2.05, 4.69) is 28.2 Å². The average molecular weight is 410 g/mol. The highest BCUT2D eigenvalue weighted by molar-refractivity contribution is 8.00. The maximum absolute atomic E-state index is 12.4. The number of thioether (sulfide) groups is 1. The Kier molecular flexibility index (Phi) is 6.70. The first-order valence-electron chi connectivity index (χ1n) is 8.43. The summed E-state index contributed by atoms with van der Waals surface area (Å²) in [5.74, 6) is 0.213. The Morgan fingerprint density at radius 2 is 1.85 bits per heavy atom. The van der Waals surface area contributed by atoms with Gasteiger partial charge in [-0.2, -0.15) is 0 Å². The van der Waals surface area contributed by atoms with Gasteiger partial charge < -0.3 is 15.1 Å². The van der Waals surface area contributed by atoms with Crippen LogP contribution < -0.4 is 10.2 Å². The van der Waals surface area contributed by atoms with Crippen LogP contribution >= 0.6 is 35.0 Å². The molecule has 1 amide bonds. The van der Waals surface area contributed by atoms with Crippen LogP contribution in [0, 0.1) is 0 Å². The summed E-state index contributed by atoms with van der Waals surface area (Å²) in [4.78, 5) is 17.9. The van der Waals surface area contributed by atoms with Crippen LogP contribution in [0.5, 0.6) is 0 Å². The zero-order valence-electron chi connectivity index (χ0n) is 14.5. The molecule has 2 aromatic carbocycles. The van der Waals surface area contributed by atoms with E-state index in [4.69, 9.17) is 23.2 Å². The van der Waals surface area contributed by atoms with E-state index in [1.807, 2.05) is 18.2 Å². The van der Waals surface area contributed by atoms with Crippen molar-refractivity contribution in [3.05, 3.63) is 52.5 Å². The number of nitrogens with one attached hydrogen (secondary N) is 1. The molecule has 0 atom stereocenters. The Balaban J connectivity index is 1.63. The van der Waals surface area contributed by atoms with Crippen molar-refractivity contribution in [2.75, 3.05) is 49.2 Å². The summed E-state index contributed by atoms with van der Waals surface area (Å²) in [6, 6.07) is 13.2. The van der Waals surface area contributed by atoms with E-state index in [1.54, 1.807) is 18.2 Å². The molecule has 1 heterocycles. The maximum atomic E-state index is 12.4. The monoisotopic (exact) mass is 409 g/mol. The number of amides is 1. The number of halogens is 2. The van der Waals surface area contributed by atoms with Crippen molar-refractivity contribution in [2.24, 2.45) is 0 Å². The Morgan fingerprint density at radius 1 is 1.12 bits per heavy atom. The van der Waals surface area contributed by atoms with Gasteiger partial charge in [-0.15, -0.1) is 11.8 Å². The molecule has 0 aliphatic carbocycles. The summed E-state index contributed by atoms with van der Waals surface area (Å²) in [5, 5.41) is 4.24. The lowest BCUT2D eigenvalue weighted by molar-refractivity contribution is -0.113. The van der Waals surface area contributed by atoms with Crippen LogP contribution in [0.4, 0.5) is 11.4 Å². The lowest BCUT2D eigenvalue weighted by Crippen LogP contribution is -2.44. The molecule has 0 unspecified atom stereocenters. The molecule has 2 aromatic rings. The number of carbonyl (C=O) groups is 1. The fraction of sp³-hybridized carbons (Fsp3) is 0.316. The first-order valence-corrected chi connectivity index (χ1v) is 10.2. The van der Waals surface area contributed by atoms with Gasteiger partial charge in [0.05, 0.1) is 22.2 Å². The van der Waals surface area contributed by atoms with Crippen LogP contribution in [-0.4, -0.2) is 49.8 Å². The van der Waals surface area contributed by atoms with E-state index >= 15 is 0 Å². The highest BCUT2D eigenvalue weighted by Gasteiger charge is 2.17. The van der Waals surface area contributed by atoms with Crippen molar-refractivity contribution >= 4 is 52.2 Å². The molecule has 0 spiro atoms. The number of hydrogen-bond acceptors (Lipinski definition) is 4. The van der Waals surface area contributed by atoms with Crippen LogP contribution in [-0.2, 0) is 4.79 Å². The van der Waals surface area contributed by atoms with Gasteiger partial charge in [0, 0.05) is 36.1 Å². The highest BCUT2D eigenvalue weighted by Crippen LogP contribution is 2.31. The van der Waals surface area contributed by atoms with Gasteiger partial charge in [0.2, 0.25) is 5.91 Å². The SMILES string of the molecule is CN1CCN(c2ccccc2NC(=O)CSc2cc(Cl)ccc2Cl)CC1. The first kappa shape index (κ1) is 19.4. The van der Waals surface area contributed by atoms with Gasteiger partial charge in [-0.05, 0) is 37.4 Å². The molecule has 1 fully saturated rings. The normalized spacial score (nSPS) is 15.1. The number of carbonyl (C=O) groups excluding carboxylic acids is 1. The second-order valence-electron chi connectivity index (χ2n) is 6.22. The number of rotatable bonds is 5. The minimum atomic E-state index is -0.0624. The number of piperazine rings is 1. The van der Waals surface area contributed by atoms with Crippen LogP contribution in [0.3, 0.4) is 0 Å². The molecule has 1 N–H and O–H groups in total. The maximum Gasteiger partial charge on any atom is 0.234 e. The molecule has 1 aliphatic rings. The lowest BCUT2D eigenvalue weighted by Gasteiger charge is -2.35. The van der Waals surface area contributed by atoms with E-state index in [0.29, 0.717) is 10.0 Å². The summed E-state index contributed by atoms with van der Waals surface area (Å²) in [6.07, 6.45) is 0. The largest absolute Gasteiger partial charge is 0.367 e. The van der Waals surface area contributed by atoms with E-state index in [9.17, 15) is 4.79 Å². The second kappa shape index (κ2) is 9.00. The van der Waals surface area contributed by atoms with Gasteiger partial charge in [0.15, 0.2) is 0 Å². The molecule has 0 aromatic heterocycles. The summed E-state index contributed by atoms with van der Waals surface area (Å²) in [6.45, 7) is 3.95. The van der Waals surface area contributed by atoms with E-state index in [-0.39, 0.29) is 11.7 Å². The number of benzene rings is 2.